The van der Waals surface area contributed by atoms with Gasteiger partial charge in [0.05, 0.1) is 5.41 Å². The Kier molecular flexibility index (Phi) is 8.04. The van der Waals surface area contributed by atoms with Gasteiger partial charge < -0.3 is 0 Å². The monoisotopic (exact) mass is 701 g/mol. The Labute approximate surface area is 321 Å². The zero-order chi connectivity index (χ0) is 36.6. The number of hydrogen-bond donors (Lipinski definition) is 0. The van der Waals surface area contributed by atoms with E-state index in [1.165, 1.54) is 33.4 Å². The minimum atomic E-state index is -0.492. The first kappa shape index (κ1) is 32.4. The first-order valence-corrected chi connectivity index (χ1v) is 18.7. The highest BCUT2D eigenvalue weighted by atomic mass is 15.0. The van der Waals surface area contributed by atoms with Gasteiger partial charge in [-0.1, -0.05) is 188 Å². The van der Waals surface area contributed by atoms with E-state index in [9.17, 15) is 0 Å². The minimum Gasteiger partial charge on any atom is -0.208 e. The SMILES string of the molecule is c1ccc(-c2cc(-c3cccc(C4(c5ccccc5)c5ccccc5-c5ccccc54)c3)cc(-c3nc(-c4ccccc4)nc(-c4ccccc4)n3)c2)cc1. The van der Waals surface area contributed by atoms with Crippen LogP contribution in [0.3, 0.4) is 0 Å². The van der Waals surface area contributed by atoms with Gasteiger partial charge in [0.15, 0.2) is 17.5 Å². The number of aromatic nitrogens is 3. The summed E-state index contributed by atoms with van der Waals surface area (Å²) in [6.45, 7) is 0. The van der Waals surface area contributed by atoms with Crippen LogP contribution in [-0.4, -0.2) is 15.0 Å². The van der Waals surface area contributed by atoms with Gasteiger partial charge in [0.2, 0.25) is 0 Å². The van der Waals surface area contributed by atoms with Crippen molar-refractivity contribution in [2.24, 2.45) is 0 Å². The average molecular weight is 702 g/mol. The fourth-order valence-corrected chi connectivity index (χ4v) is 8.30. The van der Waals surface area contributed by atoms with Gasteiger partial charge in [0, 0.05) is 16.7 Å². The lowest BCUT2D eigenvalue weighted by molar-refractivity contribution is 0.769. The van der Waals surface area contributed by atoms with Gasteiger partial charge >= 0.3 is 0 Å². The van der Waals surface area contributed by atoms with Crippen molar-refractivity contribution >= 4 is 0 Å². The third-order valence-corrected chi connectivity index (χ3v) is 10.8. The summed E-state index contributed by atoms with van der Waals surface area (Å²) in [7, 11) is 0. The molecule has 1 aromatic heterocycles. The number of nitrogens with zero attached hydrogens (tertiary/aromatic N) is 3. The molecule has 0 amide bonds. The molecule has 0 atom stereocenters. The predicted octanol–water partition coefficient (Wildman–Crippen LogP) is 12.6. The van der Waals surface area contributed by atoms with E-state index in [-0.39, 0.29) is 0 Å². The highest BCUT2D eigenvalue weighted by Gasteiger charge is 2.45. The first-order valence-electron chi connectivity index (χ1n) is 18.7. The molecule has 258 valence electrons. The summed E-state index contributed by atoms with van der Waals surface area (Å²) in [4.78, 5) is 15.2. The van der Waals surface area contributed by atoms with Crippen molar-refractivity contribution in [3.05, 3.63) is 235 Å². The van der Waals surface area contributed by atoms with E-state index in [4.69, 9.17) is 15.0 Å². The van der Waals surface area contributed by atoms with E-state index < -0.39 is 5.41 Å². The second kappa shape index (κ2) is 13.6. The van der Waals surface area contributed by atoms with Crippen molar-refractivity contribution in [3.63, 3.8) is 0 Å². The zero-order valence-corrected chi connectivity index (χ0v) is 30.0. The lowest BCUT2D eigenvalue weighted by Gasteiger charge is -2.34. The van der Waals surface area contributed by atoms with Crippen LogP contribution in [-0.2, 0) is 5.41 Å². The molecule has 0 saturated carbocycles. The topological polar surface area (TPSA) is 38.7 Å². The third kappa shape index (κ3) is 5.65. The fourth-order valence-electron chi connectivity index (χ4n) is 8.30. The van der Waals surface area contributed by atoms with Gasteiger partial charge in [-0.3, -0.25) is 0 Å². The van der Waals surface area contributed by atoms with Gasteiger partial charge in [-0.05, 0) is 79.9 Å². The number of fused-ring (bicyclic) bond motifs is 3. The van der Waals surface area contributed by atoms with Crippen LogP contribution in [0.5, 0.6) is 0 Å². The molecule has 0 unspecified atom stereocenters. The summed E-state index contributed by atoms with van der Waals surface area (Å²) in [5.41, 5.74) is 14.4. The summed E-state index contributed by atoms with van der Waals surface area (Å²) in [5, 5.41) is 0. The Balaban J connectivity index is 1.20. The van der Waals surface area contributed by atoms with Gasteiger partial charge in [0.1, 0.15) is 0 Å². The molecule has 3 heteroatoms. The Morgan fingerprint density at radius 2 is 0.636 bits per heavy atom. The Bertz CT molecular complexity index is 2690. The molecule has 0 fully saturated rings. The molecule has 9 aromatic rings. The summed E-state index contributed by atoms with van der Waals surface area (Å²) in [5.74, 6) is 1.91. The van der Waals surface area contributed by atoms with Crippen LogP contribution in [0.25, 0.3) is 67.5 Å². The molecule has 0 bridgehead atoms. The molecule has 0 aliphatic heterocycles. The number of benzene rings is 8. The van der Waals surface area contributed by atoms with Crippen molar-refractivity contribution in [1.29, 1.82) is 0 Å². The molecule has 8 aromatic carbocycles. The number of rotatable bonds is 7. The molecule has 0 radical (unpaired) electrons. The molecule has 0 N–H and O–H groups in total. The van der Waals surface area contributed by atoms with E-state index in [0.29, 0.717) is 17.5 Å². The van der Waals surface area contributed by atoms with Crippen LogP contribution in [0, 0.1) is 0 Å². The molecular formula is C52H35N3. The summed E-state index contributed by atoms with van der Waals surface area (Å²) in [6.07, 6.45) is 0. The van der Waals surface area contributed by atoms with Crippen LogP contribution in [0.4, 0.5) is 0 Å². The van der Waals surface area contributed by atoms with E-state index in [2.05, 4.69) is 152 Å². The maximum Gasteiger partial charge on any atom is 0.164 e. The quantitative estimate of drug-likeness (QED) is 0.166. The molecule has 3 nitrogen and oxygen atoms in total. The lowest BCUT2D eigenvalue weighted by Crippen LogP contribution is -2.28. The largest absolute Gasteiger partial charge is 0.208 e. The highest BCUT2D eigenvalue weighted by Crippen LogP contribution is 2.56. The summed E-state index contributed by atoms with van der Waals surface area (Å²) in [6, 6.07) is 75.4. The van der Waals surface area contributed by atoms with E-state index in [1.807, 2.05) is 60.7 Å². The van der Waals surface area contributed by atoms with Crippen molar-refractivity contribution in [3.8, 4) is 67.5 Å². The Hall–Kier alpha value is -7.23. The molecular weight excluding hydrogens is 667 g/mol. The second-order valence-electron chi connectivity index (χ2n) is 14.0. The number of hydrogen-bond acceptors (Lipinski definition) is 3. The molecule has 10 rings (SSSR count). The van der Waals surface area contributed by atoms with Crippen LogP contribution in [0.1, 0.15) is 22.3 Å². The lowest BCUT2D eigenvalue weighted by atomic mass is 9.67. The summed E-state index contributed by atoms with van der Waals surface area (Å²) >= 11 is 0. The molecule has 1 aliphatic rings. The van der Waals surface area contributed by atoms with Gasteiger partial charge in [-0.15, -0.1) is 0 Å². The maximum absolute atomic E-state index is 5.13. The van der Waals surface area contributed by atoms with Crippen LogP contribution in [0.2, 0.25) is 0 Å². The summed E-state index contributed by atoms with van der Waals surface area (Å²) < 4.78 is 0. The zero-order valence-electron chi connectivity index (χ0n) is 30.0. The second-order valence-corrected chi connectivity index (χ2v) is 14.0. The molecule has 1 aliphatic carbocycles. The van der Waals surface area contributed by atoms with E-state index in [0.717, 1.165) is 38.9 Å². The predicted molar refractivity (Wildman–Crippen MR) is 224 cm³/mol. The normalized spacial score (nSPS) is 12.5. The first-order chi connectivity index (χ1) is 27.3. The van der Waals surface area contributed by atoms with Gasteiger partial charge in [-0.2, -0.15) is 0 Å². The highest BCUT2D eigenvalue weighted by molar-refractivity contribution is 5.87. The van der Waals surface area contributed by atoms with Crippen LogP contribution in [0.15, 0.2) is 212 Å². The van der Waals surface area contributed by atoms with Crippen molar-refractivity contribution in [2.75, 3.05) is 0 Å². The molecule has 0 saturated heterocycles. The minimum absolute atomic E-state index is 0.492. The molecule has 1 heterocycles. The third-order valence-electron chi connectivity index (χ3n) is 10.8. The molecule has 0 spiro atoms. The van der Waals surface area contributed by atoms with E-state index in [1.54, 1.807) is 0 Å². The smallest absolute Gasteiger partial charge is 0.164 e. The van der Waals surface area contributed by atoms with Gasteiger partial charge in [0.25, 0.3) is 0 Å². The Morgan fingerprint density at radius 3 is 1.18 bits per heavy atom. The fraction of sp³-hybridized carbons (Fsp3) is 0.0192. The van der Waals surface area contributed by atoms with E-state index >= 15 is 0 Å². The van der Waals surface area contributed by atoms with Crippen molar-refractivity contribution < 1.29 is 0 Å². The van der Waals surface area contributed by atoms with Crippen molar-refractivity contribution in [2.45, 2.75) is 5.41 Å². The average Bonchev–Trinajstić information content (AvgIpc) is 3.58. The Morgan fingerprint density at radius 1 is 0.255 bits per heavy atom. The standard InChI is InChI=1S/C52H35N3/c1-5-18-36(19-6-1)40-32-41(34-42(33-40)51-54-49(37-20-7-2-8-21-37)53-50(55-51)38-22-9-3-10-23-38)39-24-17-27-44(35-39)52(43-25-11-4-12-26-43)47-30-15-13-28-45(47)46-29-14-16-31-48(46)52/h1-35H. The molecule has 55 heavy (non-hydrogen) atoms. The van der Waals surface area contributed by atoms with Crippen LogP contribution >= 0.6 is 0 Å². The maximum atomic E-state index is 5.13. The van der Waals surface area contributed by atoms with Gasteiger partial charge in [-0.25, -0.2) is 15.0 Å². The van der Waals surface area contributed by atoms with Crippen molar-refractivity contribution in [1.82, 2.24) is 15.0 Å². The van der Waals surface area contributed by atoms with Crippen LogP contribution < -0.4 is 0 Å².